The number of nitrogens with one attached hydrogen (secondary N) is 1. The van der Waals surface area contributed by atoms with E-state index in [2.05, 4.69) is 30.3 Å². The molecular formula is C31H31F3N6O2. The molecule has 0 unspecified atom stereocenters. The lowest BCUT2D eigenvalue weighted by molar-refractivity contribution is -0.137. The van der Waals surface area contributed by atoms with Crippen molar-refractivity contribution in [2.75, 3.05) is 0 Å². The van der Waals surface area contributed by atoms with Crippen molar-refractivity contribution in [3.8, 4) is 28.8 Å². The van der Waals surface area contributed by atoms with Crippen molar-refractivity contribution in [3.05, 3.63) is 87.8 Å². The van der Waals surface area contributed by atoms with E-state index in [1.165, 1.54) is 34.7 Å². The van der Waals surface area contributed by atoms with E-state index in [0.29, 0.717) is 28.8 Å². The number of aromatic nitrogens is 4. The summed E-state index contributed by atoms with van der Waals surface area (Å²) >= 11 is 0. The molecule has 0 aliphatic heterocycles. The zero-order valence-corrected chi connectivity index (χ0v) is 23.5. The van der Waals surface area contributed by atoms with Gasteiger partial charge in [-0.25, -0.2) is 9.36 Å². The third kappa shape index (κ3) is 5.24. The summed E-state index contributed by atoms with van der Waals surface area (Å²) < 4.78 is 44.7. The highest BCUT2D eigenvalue weighted by Crippen LogP contribution is 2.37. The normalized spacial score (nSPS) is 18.6. The van der Waals surface area contributed by atoms with E-state index in [-0.39, 0.29) is 23.0 Å². The van der Waals surface area contributed by atoms with Gasteiger partial charge < -0.3 is 5.32 Å². The van der Waals surface area contributed by atoms with E-state index in [9.17, 15) is 28.0 Å². The lowest BCUT2D eigenvalue weighted by atomic mass is 9.92. The molecule has 2 aromatic carbocycles. The van der Waals surface area contributed by atoms with Gasteiger partial charge in [-0.15, -0.1) is 0 Å². The molecule has 3 atom stereocenters. The van der Waals surface area contributed by atoms with Gasteiger partial charge in [-0.2, -0.15) is 23.5 Å². The number of halogens is 3. The number of hydrogen-bond donors (Lipinski definition) is 1. The van der Waals surface area contributed by atoms with Crippen LogP contribution in [0, 0.1) is 23.2 Å². The highest BCUT2D eigenvalue weighted by molar-refractivity contribution is 6.00. The van der Waals surface area contributed by atoms with E-state index in [4.69, 9.17) is 0 Å². The van der Waals surface area contributed by atoms with Crippen molar-refractivity contribution in [1.29, 1.82) is 5.26 Å². The average molecular weight is 577 g/mol. The minimum absolute atomic E-state index is 0.0278. The van der Waals surface area contributed by atoms with Crippen molar-refractivity contribution in [2.45, 2.75) is 51.7 Å². The quantitative estimate of drug-likeness (QED) is 0.298. The Bertz CT molecular complexity index is 1700. The average Bonchev–Trinajstić information content (AvgIpc) is 3.68. The molecule has 1 N–H and O–H groups in total. The highest BCUT2D eigenvalue weighted by Gasteiger charge is 2.36. The van der Waals surface area contributed by atoms with Gasteiger partial charge in [-0.05, 0) is 73.2 Å². The number of carbonyl (C=O) groups is 1. The molecule has 1 fully saturated rings. The van der Waals surface area contributed by atoms with Crippen LogP contribution in [-0.4, -0.2) is 31.1 Å². The Balaban J connectivity index is 1.66. The van der Waals surface area contributed by atoms with Gasteiger partial charge in [0.25, 0.3) is 11.5 Å². The van der Waals surface area contributed by atoms with E-state index >= 15 is 0 Å². The molecule has 1 aliphatic carbocycles. The van der Waals surface area contributed by atoms with Crippen molar-refractivity contribution in [1.82, 2.24) is 24.5 Å². The number of carbonyl (C=O) groups excluding carboxylic acids is 1. The second kappa shape index (κ2) is 11.4. The maximum atomic E-state index is 14.0. The zero-order chi connectivity index (χ0) is 30.2. The molecule has 0 saturated heterocycles. The SMILES string of the molecule is CC[C@@H]1C[C@H](NC(=O)c2c(-c3ccnn3-c3ccc(C#N)cc3)n(C)n(-c3cccc(C(F)(F)F)c3)c2=O)C[C@@H]1CC. The Morgan fingerprint density at radius 1 is 1.05 bits per heavy atom. The fourth-order valence-electron chi connectivity index (χ4n) is 6.16. The standard InChI is InChI=1S/C31H31F3N6O2/c1-4-20-15-23(16-21(20)5-2)37-29(41)27-28(26-13-14-36-39(26)24-11-9-19(18-35)10-12-24)38(3)40(30(27)42)25-8-6-7-22(17-25)31(32,33)34/h6-14,17,20-21,23H,4-5,15-16H2,1-3H3,(H,37,41)/t20-,21+,23+. The number of rotatable bonds is 7. The van der Waals surface area contributed by atoms with Crippen molar-refractivity contribution in [3.63, 3.8) is 0 Å². The van der Waals surface area contributed by atoms with Gasteiger partial charge in [0, 0.05) is 13.1 Å². The lowest BCUT2D eigenvalue weighted by Gasteiger charge is -2.15. The summed E-state index contributed by atoms with van der Waals surface area (Å²) in [5.41, 5.74) is -0.249. The third-order valence-corrected chi connectivity index (χ3v) is 8.26. The molecule has 1 aliphatic rings. The summed E-state index contributed by atoms with van der Waals surface area (Å²) in [5, 5.41) is 16.6. The Kier molecular flexibility index (Phi) is 7.82. The molecule has 1 amide bonds. The van der Waals surface area contributed by atoms with Gasteiger partial charge in [0.05, 0.1) is 40.5 Å². The molecule has 8 nitrogen and oxygen atoms in total. The predicted octanol–water partition coefficient (Wildman–Crippen LogP) is 5.86. The van der Waals surface area contributed by atoms with Crippen LogP contribution in [0.1, 0.15) is 61.0 Å². The first kappa shape index (κ1) is 28.9. The number of benzene rings is 2. The molecule has 2 heterocycles. The summed E-state index contributed by atoms with van der Waals surface area (Å²) in [6, 6.07) is 14.6. The van der Waals surface area contributed by atoms with E-state index in [0.717, 1.165) is 42.5 Å². The van der Waals surface area contributed by atoms with Gasteiger partial charge in [0.15, 0.2) is 0 Å². The zero-order valence-electron chi connectivity index (χ0n) is 23.5. The van der Waals surface area contributed by atoms with Crippen LogP contribution in [0.5, 0.6) is 0 Å². The fraction of sp³-hybridized carbons (Fsp3) is 0.355. The number of nitrogens with zero attached hydrogens (tertiary/aromatic N) is 5. The number of hydrogen-bond acceptors (Lipinski definition) is 4. The van der Waals surface area contributed by atoms with Crippen LogP contribution >= 0.6 is 0 Å². The maximum absolute atomic E-state index is 14.0. The first-order valence-electron chi connectivity index (χ1n) is 13.9. The Labute approximate surface area is 241 Å². The smallest absolute Gasteiger partial charge is 0.349 e. The number of amides is 1. The largest absolute Gasteiger partial charge is 0.416 e. The molecule has 0 radical (unpaired) electrons. The molecule has 42 heavy (non-hydrogen) atoms. The van der Waals surface area contributed by atoms with Crippen LogP contribution in [0.15, 0.2) is 65.6 Å². The topological polar surface area (TPSA) is 97.6 Å². The second-order valence-corrected chi connectivity index (χ2v) is 10.7. The molecular weight excluding hydrogens is 545 g/mol. The maximum Gasteiger partial charge on any atom is 0.416 e. The van der Waals surface area contributed by atoms with Crippen molar-refractivity contribution >= 4 is 5.91 Å². The predicted molar refractivity (Wildman–Crippen MR) is 151 cm³/mol. The Hall–Kier alpha value is -4.59. The number of nitriles is 1. The van der Waals surface area contributed by atoms with Crippen LogP contribution in [0.2, 0.25) is 0 Å². The molecule has 11 heteroatoms. The second-order valence-electron chi connectivity index (χ2n) is 10.7. The van der Waals surface area contributed by atoms with E-state index in [1.54, 1.807) is 30.3 Å². The molecule has 1 saturated carbocycles. The van der Waals surface area contributed by atoms with E-state index in [1.807, 2.05) is 0 Å². The fourth-order valence-corrected chi connectivity index (χ4v) is 6.16. The summed E-state index contributed by atoms with van der Waals surface area (Å²) in [4.78, 5) is 27.9. The minimum Gasteiger partial charge on any atom is -0.349 e. The molecule has 4 aromatic rings. The Morgan fingerprint density at radius 2 is 1.71 bits per heavy atom. The third-order valence-electron chi connectivity index (χ3n) is 8.26. The van der Waals surface area contributed by atoms with Gasteiger partial charge in [0.1, 0.15) is 11.3 Å². The Morgan fingerprint density at radius 3 is 2.31 bits per heavy atom. The minimum atomic E-state index is -4.61. The van der Waals surface area contributed by atoms with Gasteiger partial charge in [-0.1, -0.05) is 32.8 Å². The summed E-state index contributed by atoms with van der Waals surface area (Å²) in [6.45, 7) is 4.26. The van der Waals surface area contributed by atoms with Crippen molar-refractivity contribution < 1.29 is 18.0 Å². The van der Waals surface area contributed by atoms with Crippen LogP contribution in [0.3, 0.4) is 0 Å². The highest BCUT2D eigenvalue weighted by atomic mass is 19.4. The molecule has 2 aromatic heterocycles. The van der Waals surface area contributed by atoms with Crippen LogP contribution in [-0.2, 0) is 13.2 Å². The van der Waals surface area contributed by atoms with Gasteiger partial charge in [0.2, 0.25) is 0 Å². The number of alkyl halides is 3. The monoisotopic (exact) mass is 576 g/mol. The van der Waals surface area contributed by atoms with Crippen LogP contribution < -0.4 is 10.9 Å². The van der Waals surface area contributed by atoms with Gasteiger partial charge in [-0.3, -0.25) is 14.3 Å². The first-order valence-corrected chi connectivity index (χ1v) is 13.9. The van der Waals surface area contributed by atoms with Crippen LogP contribution in [0.4, 0.5) is 13.2 Å². The molecule has 218 valence electrons. The molecule has 0 bridgehead atoms. The first-order chi connectivity index (χ1) is 20.1. The lowest BCUT2D eigenvalue weighted by Crippen LogP contribution is -2.36. The molecule has 5 rings (SSSR count). The summed E-state index contributed by atoms with van der Waals surface area (Å²) in [7, 11) is 1.53. The summed E-state index contributed by atoms with van der Waals surface area (Å²) in [5.74, 6) is 0.353. The summed E-state index contributed by atoms with van der Waals surface area (Å²) in [6.07, 6.45) is 0.481. The molecule has 0 spiro atoms. The van der Waals surface area contributed by atoms with E-state index < -0.39 is 23.2 Å². The van der Waals surface area contributed by atoms with Crippen molar-refractivity contribution in [2.24, 2.45) is 18.9 Å². The van der Waals surface area contributed by atoms with Crippen LogP contribution in [0.25, 0.3) is 22.8 Å². The van der Waals surface area contributed by atoms with Gasteiger partial charge >= 0.3 is 6.18 Å².